The Kier molecular flexibility index (Phi) is 4.82. The fourth-order valence-corrected chi connectivity index (χ4v) is 4.15. The van der Waals surface area contributed by atoms with Crippen molar-refractivity contribution in [1.29, 1.82) is 0 Å². The van der Waals surface area contributed by atoms with Crippen molar-refractivity contribution in [2.45, 2.75) is 13.0 Å². The normalized spacial score (nSPS) is 16.1. The molecule has 4 amide bonds. The molecule has 1 aliphatic heterocycles. The first-order valence-corrected chi connectivity index (χ1v) is 10.3. The third-order valence-corrected chi connectivity index (χ3v) is 5.82. The van der Waals surface area contributed by atoms with Crippen molar-refractivity contribution in [3.05, 3.63) is 94.6 Å². The molecule has 0 spiro atoms. The van der Waals surface area contributed by atoms with Gasteiger partial charge in [-0.1, -0.05) is 48.5 Å². The monoisotopic (exact) mass is 424 g/mol. The standard InChI is InChI=1S/C26H20N2O4/c1-32-20-10-7-16(8-11-20)15-28-25(30)23(24(29)27-26(28)31)13-17-6-9-19-14-18-4-2-3-5-21(18)22(19)12-17/h2-13H,14-15H2,1H3,(H,27,29,31). The molecular weight excluding hydrogens is 404 g/mol. The first-order valence-electron chi connectivity index (χ1n) is 10.3. The van der Waals surface area contributed by atoms with E-state index in [1.165, 1.54) is 16.7 Å². The predicted octanol–water partition coefficient (Wildman–Crippen LogP) is 3.93. The van der Waals surface area contributed by atoms with E-state index in [0.717, 1.165) is 28.0 Å². The summed E-state index contributed by atoms with van der Waals surface area (Å²) in [6.45, 7) is 0.0524. The molecule has 1 fully saturated rings. The van der Waals surface area contributed by atoms with Crippen LogP contribution in [0.1, 0.15) is 22.3 Å². The number of carbonyl (C=O) groups excluding carboxylic acids is 3. The molecule has 5 rings (SSSR count). The van der Waals surface area contributed by atoms with Gasteiger partial charge in [0.1, 0.15) is 11.3 Å². The van der Waals surface area contributed by atoms with Crippen LogP contribution in [0.4, 0.5) is 4.79 Å². The molecule has 1 aliphatic carbocycles. The van der Waals surface area contributed by atoms with E-state index >= 15 is 0 Å². The summed E-state index contributed by atoms with van der Waals surface area (Å²) in [4.78, 5) is 38.9. The van der Waals surface area contributed by atoms with Crippen molar-refractivity contribution in [2.24, 2.45) is 0 Å². The average molecular weight is 424 g/mol. The van der Waals surface area contributed by atoms with Crippen LogP contribution >= 0.6 is 0 Å². The van der Waals surface area contributed by atoms with Gasteiger partial charge in [-0.25, -0.2) is 4.79 Å². The van der Waals surface area contributed by atoms with Crippen molar-refractivity contribution in [2.75, 3.05) is 7.11 Å². The van der Waals surface area contributed by atoms with Crippen LogP contribution < -0.4 is 10.1 Å². The van der Waals surface area contributed by atoms with E-state index in [1.807, 2.05) is 30.3 Å². The van der Waals surface area contributed by atoms with Gasteiger partial charge in [0.05, 0.1) is 13.7 Å². The second-order valence-electron chi connectivity index (χ2n) is 7.81. The first-order chi connectivity index (χ1) is 15.5. The molecule has 6 heteroatoms. The summed E-state index contributed by atoms with van der Waals surface area (Å²) in [5, 5.41) is 2.28. The van der Waals surface area contributed by atoms with E-state index in [-0.39, 0.29) is 12.1 Å². The smallest absolute Gasteiger partial charge is 0.331 e. The first kappa shape index (κ1) is 19.8. The summed E-state index contributed by atoms with van der Waals surface area (Å²) >= 11 is 0. The Labute approximate surface area is 185 Å². The van der Waals surface area contributed by atoms with E-state index in [1.54, 1.807) is 37.5 Å². The van der Waals surface area contributed by atoms with Crippen LogP contribution in [0.5, 0.6) is 5.75 Å². The zero-order valence-corrected chi connectivity index (χ0v) is 17.4. The van der Waals surface area contributed by atoms with Gasteiger partial charge in [0, 0.05) is 0 Å². The lowest BCUT2D eigenvalue weighted by molar-refractivity contribution is -0.130. The van der Waals surface area contributed by atoms with Gasteiger partial charge in [-0.15, -0.1) is 0 Å². The number of rotatable bonds is 4. The van der Waals surface area contributed by atoms with Gasteiger partial charge >= 0.3 is 6.03 Å². The lowest BCUT2D eigenvalue weighted by atomic mass is 10.0. The zero-order valence-electron chi connectivity index (χ0n) is 17.4. The number of methoxy groups -OCH3 is 1. The maximum Gasteiger partial charge on any atom is 0.331 e. The fraction of sp³-hybridized carbons (Fsp3) is 0.115. The largest absolute Gasteiger partial charge is 0.497 e. The minimum absolute atomic E-state index is 0.0524. The van der Waals surface area contributed by atoms with Gasteiger partial charge in [0.15, 0.2) is 0 Å². The number of hydrogen-bond acceptors (Lipinski definition) is 4. The number of barbiturate groups is 1. The van der Waals surface area contributed by atoms with Crippen LogP contribution in [0.3, 0.4) is 0 Å². The number of ether oxygens (including phenoxy) is 1. The molecule has 0 radical (unpaired) electrons. The molecule has 0 saturated carbocycles. The molecule has 0 aromatic heterocycles. The molecule has 0 atom stereocenters. The number of benzene rings is 3. The summed E-state index contributed by atoms with van der Waals surface area (Å²) in [5.41, 5.74) is 6.15. The second-order valence-corrected chi connectivity index (χ2v) is 7.81. The van der Waals surface area contributed by atoms with Gasteiger partial charge in [-0.3, -0.25) is 19.8 Å². The molecule has 0 unspecified atom stereocenters. The van der Waals surface area contributed by atoms with Crippen LogP contribution in [0.2, 0.25) is 0 Å². The van der Waals surface area contributed by atoms with Crippen LogP contribution in [0, 0.1) is 0 Å². The van der Waals surface area contributed by atoms with Gasteiger partial charge in [0.2, 0.25) is 0 Å². The lowest BCUT2D eigenvalue weighted by Gasteiger charge is -2.26. The summed E-state index contributed by atoms with van der Waals surface area (Å²) < 4.78 is 5.14. The van der Waals surface area contributed by atoms with E-state index in [4.69, 9.17) is 4.74 Å². The van der Waals surface area contributed by atoms with Crippen molar-refractivity contribution < 1.29 is 19.1 Å². The Bertz CT molecular complexity index is 1290. The van der Waals surface area contributed by atoms with Crippen molar-refractivity contribution in [1.82, 2.24) is 10.2 Å². The summed E-state index contributed by atoms with van der Waals surface area (Å²) in [7, 11) is 1.57. The van der Waals surface area contributed by atoms with E-state index in [9.17, 15) is 14.4 Å². The number of nitrogens with one attached hydrogen (secondary N) is 1. The predicted molar refractivity (Wildman–Crippen MR) is 120 cm³/mol. The van der Waals surface area contributed by atoms with E-state index < -0.39 is 17.8 Å². The van der Waals surface area contributed by atoms with Gasteiger partial charge in [-0.2, -0.15) is 0 Å². The molecule has 3 aromatic carbocycles. The Morgan fingerprint density at radius 3 is 2.47 bits per heavy atom. The number of amides is 4. The lowest BCUT2D eigenvalue weighted by Crippen LogP contribution is -2.53. The Hall–Kier alpha value is -4.19. The van der Waals surface area contributed by atoms with Crippen LogP contribution in [-0.2, 0) is 22.6 Å². The summed E-state index contributed by atoms with van der Waals surface area (Å²) in [6.07, 6.45) is 2.41. The highest BCUT2D eigenvalue weighted by molar-refractivity contribution is 6.31. The molecule has 2 aliphatic rings. The van der Waals surface area contributed by atoms with E-state index in [0.29, 0.717) is 5.75 Å². The number of imide groups is 2. The quantitative estimate of drug-likeness (QED) is 0.398. The minimum Gasteiger partial charge on any atom is -0.497 e. The SMILES string of the molecule is COc1ccc(CN2C(=O)NC(=O)C(=Cc3ccc4c(c3)-c3ccccc3C4)C2=O)cc1. The molecule has 0 bridgehead atoms. The fourth-order valence-electron chi connectivity index (χ4n) is 4.15. The number of hydrogen-bond donors (Lipinski definition) is 1. The number of carbonyl (C=O) groups is 3. The highest BCUT2D eigenvalue weighted by atomic mass is 16.5. The van der Waals surface area contributed by atoms with Crippen molar-refractivity contribution in [3.63, 3.8) is 0 Å². The minimum atomic E-state index is -0.726. The van der Waals surface area contributed by atoms with Crippen LogP contribution in [0.15, 0.2) is 72.3 Å². The number of nitrogens with zero attached hydrogens (tertiary/aromatic N) is 1. The maximum absolute atomic E-state index is 13.1. The van der Waals surface area contributed by atoms with E-state index in [2.05, 4.69) is 17.4 Å². The molecular formula is C26H20N2O4. The van der Waals surface area contributed by atoms with Gasteiger partial charge < -0.3 is 4.74 Å². The third-order valence-electron chi connectivity index (χ3n) is 5.82. The topological polar surface area (TPSA) is 75.7 Å². The molecule has 3 aromatic rings. The zero-order chi connectivity index (χ0) is 22.2. The molecule has 1 heterocycles. The highest BCUT2D eigenvalue weighted by Crippen LogP contribution is 2.37. The number of fused-ring (bicyclic) bond motifs is 3. The molecule has 158 valence electrons. The molecule has 1 N–H and O–H groups in total. The maximum atomic E-state index is 13.1. The summed E-state index contributed by atoms with van der Waals surface area (Å²) in [5.74, 6) is -0.625. The Balaban J connectivity index is 1.45. The Morgan fingerprint density at radius 1 is 0.938 bits per heavy atom. The second kappa shape index (κ2) is 7.81. The molecule has 32 heavy (non-hydrogen) atoms. The van der Waals surface area contributed by atoms with Crippen LogP contribution in [0.25, 0.3) is 17.2 Å². The van der Waals surface area contributed by atoms with Crippen molar-refractivity contribution >= 4 is 23.9 Å². The Morgan fingerprint density at radius 2 is 1.69 bits per heavy atom. The average Bonchev–Trinajstić information content (AvgIpc) is 3.18. The van der Waals surface area contributed by atoms with Gasteiger partial charge in [-0.05, 0) is 64.1 Å². The third kappa shape index (κ3) is 3.46. The van der Waals surface area contributed by atoms with Crippen molar-refractivity contribution in [3.8, 4) is 16.9 Å². The highest BCUT2D eigenvalue weighted by Gasteiger charge is 2.35. The number of urea groups is 1. The van der Waals surface area contributed by atoms with Gasteiger partial charge in [0.25, 0.3) is 11.8 Å². The summed E-state index contributed by atoms with van der Waals surface area (Å²) in [6, 6.07) is 20.4. The van der Waals surface area contributed by atoms with Crippen LogP contribution in [-0.4, -0.2) is 29.9 Å². The molecule has 6 nitrogen and oxygen atoms in total. The molecule has 1 saturated heterocycles.